The molecule has 2 fully saturated rings. The Morgan fingerprint density at radius 1 is 1.06 bits per heavy atom. The van der Waals surface area contributed by atoms with Crippen molar-refractivity contribution in [3.8, 4) is 5.75 Å². The van der Waals surface area contributed by atoms with Crippen LogP contribution in [0.2, 0.25) is 0 Å². The molecule has 3 aromatic rings. The molecule has 1 aliphatic heterocycles. The van der Waals surface area contributed by atoms with Gasteiger partial charge in [-0.25, -0.2) is 0 Å². The number of aromatic nitrogens is 2. The van der Waals surface area contributed by atoms with Gasteiger partial charge in [0.2, 0.25) is 0 Å². The Balaban J connectivity index is 1.40. The molecule has 1 saturated carbocycles. The molecule has 0 N–H and O–H groups in total. The molecule has 0 unspecified atom stereocenters. The number of pyridine rings is 1. The summed E-state index contributed by atoms with van der Waals surface area (Å²) < 4.78 is 7.96. The maximum Gasteiger partial charge on any atom is 0.256 e. The van der Waals surface area contributed by atoms with Crippen LogP contribution >= 0.6 is 0 Å². The van der Waals surface area contributed by atoms with E-state index in [0.29, 0.717) is 6.04 Å². The van der Waals surface area contributed by atoms with E-state index in [1.165, 1.54) is 32.1 Å². The first-order valence-corrected chi connectivity index (χ1v) is 12.3. The van der Waals surface area contributed by atoms with E-state index in [4.69, 9.17) is 4.74 Å². The third kappa shape index (κ3) is 4.36. The van der Waals surface area contributed by atoms with Crippen LogP contribution in [-0.4, -0.2) is 58.5 Å². The summed E-state index contributed by atoms with van der Waals surface area (Å²) in [6, 6.07) is 12.7. The van der Waals surface area contributed by atoms with Crippen LogP contribution in [-0.2, 0) is 6.54 Å². The second-order valence-corrected chi connectivity index (χ2v) is 9.39. The van der Waals surface area contributed by atoms with Crippen LogP contribution in [0.3, 0.4) is 0 Å². The van der Waals surface area contributed by atoms with E-state index in [9.17, 15) is 4.79 Å². The lowest BCUT2D eigenvalue weighted by molar-refractivity contribution is 0.0628. The number of nitrogens with zero attached hydrogens (tertiary/aromatic N) is 4. The van der Waals surface area contributed by atoms with E-state index in [2.05, 4.69) is 33.5 Å². The third-order valence-corrected chi connectivity index (χ3v) is 7.38. The summed E-state index contributed by atoms with van der Waals surface area (Å²) in [6.45, 7) is 6.18. The first kappa shape index (κ1) is 22.0. The summed E-state index contributed by atoms with van der Waals surface area (Å²) in [5.41, 5.74) is 4.20. The van der Waals surface area contributed by atoms with Crippen LogP contribution in [0.25, 0.3) is 10.9 Å². The fourth-order valence-electron chi connectivity index (χ4n) is 5.62. The summed E-state index contributed by atoms with van der Waals surface area (Å²) in [5, 5.41) is 1.03. The lowest BCUT2D eigenvalue weighted by Gasteiger charge is -2.34. The Bertz CT molecular complexity index is 1110. The summed E-state index contributed by atoms with van der Waals surface area (Å²) in [4.78, 5) is 22.7. The van der Waals surface area contributed by atoms with Crippen molar-refractivity contribution in [3.05, 3.63) is 59.5 Å². The molecule has 1 aromatic carbocycles. The highest BCUT2D eigenvalue weighted by Crippen LogP contribution is 2.37. The molecule has 0 radical (unpaired) electrons. The molecule has 2 aromatic heterocycles. The minimum Gasteiger partial charge on any atom is -0.497 e. The van der Waals surface area contributed by atoms with Crippen molar-refractivity contribution in [1.82, 2.24) is 19.4 Å². The highest BCUT2D eigenvalue weighted by Gasteiger charge is 2.29. The Labute approximate surface area is 196 Å². The smallest absolute Gasteiger partial charge is 0.256 e. The van der Waals surface area contributed by atoms with E-state index in [0.717, 1.165) is 66.3 Å². The fraction of sp³-hybridized carbons (Fsp3) is 0.481. The highest BCUT2D eigenvalue weighted by atomic mass is 16.5. The zero-order chi connectivity index (χ0) is 22.8. The Morgan fingerprint density at radius 2 is 1.85 bits per heavy atom. The lowest BCUT2D eigenvalue weighted by atomic mass is 9.95. The number of hydrogen-bond acceptors (Lipinski definition) is 4. The SMILES string of the molecule is COc1ccc2c(c1)c(C(=O)N1CCN(Cc3ccccn3)CC1)c(C)n2C1CCCCC1. The molecule has 0 spiro atoms. The average molecular weight is 447 g/mol. The molecule has 3 heterocycles. The van der Waals surface area contributed by atoms with Gasteiger partial charge < -0.3 is 14.2 Å². The van der Waals surface area contributed by atoms with Gasteiger partial charge in [0.15, 0.2) is 0 Å². The van der Waals surface area contributed by atoms with Crippen LogP contribution in [0.4, 0.5) is 0 Å². The van der Waals surface area contributed by atoms with Crippen molar-refractivity contribution in [2.24, 2.45) is 0 Å². The number of ether oxygens (including phenoxy) is 1. The second kappa shape index (κ2) is 9.56. The van der Waals surface area contributed by atoms with E-state index < -0.39 is 0 Å². The van der Waals surface area contributed by atoms with Gasteiger partial charge in [0, 0.05) is 61.6 Å². The van der Waals surface area contributed by atoms with Gasteiger partial charge in [-0.15, -0.1) is 0 Å². The molecular weight excluding hydrogens is 412 g/mol. The van der Waals surface area contributed by atoms with Gasteiger partial charge in [0.25, 0.3) is 5.91 Å². The summed E-state index contributed by atoms with van der Waals surface area (Å²) in [7, 11) is 1.69. The van der Waals surface area contributed by atoms with Crippen molar-refractivity contribution < 1.29 is 9.53 Å². The molecule has 2 aliphatic rings. The number of methoxy groups -OCH3 is 1. The number of fused-ring (bicyclic) bond motifs is 1. The van der Waals surface area contributed by atoms with Crippen molar-refractivity contribution in [1.29, 1.82) is 0 Å². The first-order valence-electron chi connectivity index (χ1n) is 12.3. The van der Waals surface area contributed by atoms with Crippen LogP contribution in [0.15, 0.2) is 42.6 Å². The molecule has 6 heteroatoms. The maximum absolute atomic E-state index is 13.8. The average Bonchev–Trinajstić information content (AvgIpc) is 3.16. The van der Waals surface area contributed by atoms with Gasteiger partial charge in [0.1, 0.15) is 5.75 Å². The van der Waals surface area contributed by atoms with Gasteiger partial charge in [-0.1, -0.05) is 25.3 Å². The number of benzene rings is 1. The molecule has 6 nitrogen and oxygen atoms in total. The molecule has 0 atom stereocenters. The largest absolute Gasteiger partial charge is 0.497 e. The summed E-state index contributed by atoms with van der Waals surface area (Å²) >= 11 is 0. The van der Waals surface area contributed by atoms with Crippen molar-refractivity contribution in [2.45, 2.75) is 51.6 Å². The number of rotatable bonds is 5. The van der Waals surface area contributed by atoms with Gasteiger partial charge in [-0.05, 0) is 50.1 Å². The zero-order valence-electron chi connectivity index (χ0n) is 19.8. The number of amides is 1. The van der Waals surface area contributed by atoms with E-state index in [-0.39, 0.29) is 5.91 Å². The highest BCUT2D eigenvalue weighted by molar-refractivity contribution is 6.09. The molecule has 33 heavy (non-hydrogen) atoms. The molecule has 0 bridgehead atoms. The predicted molar refractivity (Wildman–Crippen MR) is 131 cm³/mol. The van der Waals surface area contributed by atoms with E-state index in [1.54, 1.807) is 7.11 Å². The topological polar surface area (TPSA) is 50.6 Å². The Morgan fingerprint density at radius 3 is 2.55 bits per heavy atom. The molecule has 1 saturated heterocycles. The molecule has 1 amide bonds. The number of piperazine rings is 1. The van der Waals surface area contributed by atoms with E-state index >= 15 is 0 Å². The fourth-order valence-corrected chi connectivity index (χ4v) is 5.62. The van der Waals surface area contributed by atoms with Crippen LogP contribution in [0.1, 0.15) is 59.9 Å². The van der Waals surface area contributed by atoms with Gasteiger partial charge in [-0.3, -0.25) is 14.7 Å². The lowest BCUT2D eigenvalue weighted by Crippen LogP contribution is -2.48. The zero-order valence-corrected chi connectivity index (χ0v) is 19.8. The van der Waals surface area contributed by atoms with Crippen molar-refractivity contribution in [3.63, 3.8) is 0 Å². The van der Waals surface area contributed by atoms with Crippen molar-refractivity contribution >= 4 is 16.8 Å². The molecular formula is C27H34N4O2. The number of hydrogen-bond donors (Lipinski definition) is 0. The number of carbonyl (C=O) groups excluding carboxylic acids is 1. The third-order valence-electron chi connectivity index (χ3n) is 7.38. The Kier molecular flexibility index (Phi) is 6.36. The van der Waals surface area contributed by atoms with Gasteiger partial charge in [0.05, 0.1) is 18.4 Å². The van der Waals surface area contributed by atoms with Gasteiger partial charge in [-0.2, -0.15) is 0 Å². The second-order valence-electron chi connectivity index (χ2n) is 9.39. The minimum absolute atomic E-state index is 0.151. The standard InChI is InChI=1S/C27H34N4O2/c1-20-26(27(32)30-16-14-29(15-17-30)19-21-8-6-7-13-28-21)24-18-23(33-2)11-12-25(24)31(20)22-9-4-3-5-10-22/h6-8,11-13,18,22H,3-5,9-10,14-17,19H2,1-2H3. The molecule has 1 aliphatic carbocycles. The quantitative estimate of drug-likeness (QED) is 0.564. The number of carbonyl (C=O) groups is 1. The van der Waals surface area contributed by atoms with Crippen LogP contribution in [0, 0.1) is 6.92 Å². The minimum atomic E-state index is 0.151. The summed E-state index contributed by atoms with van der Waals surface area (Å²) in [5.74, 6) is 0.954. The van der Waals surface area contributed by atoms with Crippen LogP contribution in [0.5, 0.6) is 5.75 Å². The van der Waals surface area contributed by atoms with Crippen molar-refractivity contribution in [2.75, 3.05) is 33.3 Å². The van der Waals surface area contributed by atoms with E-state index in [1.807, 2.05) is 35.4 Å². The van der Waals surface area contributed by atoms with Gasteiger partial charge >= 0.3 is 0 Å². The summed E-state index contributed by atoms with van der Waals surface area (Å²) in [6.07, 6.45) is 8.07. The Hall–Kier alpha value is -2.86. The molecule has 174 valence electrons. The molecule has 5 rings (SSSR count). The predicted octanol–water partition coefficient (Wildman–Crippen LogP) is 4.82. The monoisotopic (exact) mass is 446 g/mol. The first-order chi connectivity index (χ1) is 16.2. The maximum atomic E-state index is 13.8. The normalized spacial score (nSPS) is 18.1. The van der Waals surface area contributed by atoms with Crippen LogP contribution < -0.4 is 4.74 Å².